The molecule has 1 saturated heterocycles. The molecule has 7 heteroatoms. The van der Waals surface area contributed by atoms with Gasteiger partial charge in [-0.3, -0.25) is 4.98 Å². The summed E-state index contributed by atoms with van der Waals surface area (Å²) in [4.78, 5) is 20.2. The van der Waals surface area contributed by atoms with E-state index in [-0.39, 0.29) is 0 Å². The second-order valence-electron chi connectivity index (χ2n) is 6.71. The van der Waals surface area contributed by atoms with Crippen LogP contribution < -0.4 is 4.90 Å². The van der Waals surface area contributed by atoms with Crippen molar-refractivity contribution in [2.45, 2.75) is 6.42 Å². The van der Waals surface area contributed by atoms with Gasteiger partial charge in [-0.25, -0.2) is 15.0 Å². The number of rotatable bonds is 4. The van der Waals surface area contributed by atoms with Crippen molar-refractivity contribution in [2.24, 2.45) is 0 Å². The van der Waals surface area contributed by atoms with Crippen molar-refractivity contribution < 1.29 is 4.74 Å². The highest BCUT2D eigenvalue weighted by molar-refractivity contribution is 7.09. The summed E-state index contributed by atoms with van der Waals surface area (Å²) in [6.45, 7) is 3.35. The summed E-state index contributed by atoms with van der Waals surface area (Å²) in [5.74, 6) is 0. The highest BCUT2D eigenvalue weighted by atomic mass is 32.1. The smallest absolute Gasteiger partial charge is 0.116 e. The number of pyridine rings is 1. The summed E-state index contributed by atoms with van der Waals surface area (Å²) in [5, 5.41) is 4.12. The van der Waals surface area contributed by atoms with Crippen LogP contribution in [0, 0.1) is 0 Å². The van der Waals surface area contributed by atoms with Gasteiger partial charge >= 0.3 is 0 Å². The molecule has 0 radical (unpaired) electrons. The van der Waals surface area contributed by atoms with Crippen molar-refractivity contribution in [1.29, 1.82) is 0 Å². The van der Waals surface area contributed by atoms with Crippen molar-refractivity contribution in [1.82, 2.24) is 19.9 Å². The number of anilines is 1. The second-order valence-corrected chi connectivity index (χ2v) is 7.69. The van der Waals surface area contributed by atoms with Crippen LogP contribution in [0.4, 0.5) is 5.69 Å². The normalized spacial score (nSPS) is 14.5. The van der Waals surface area contributed by atoms with Crippen molar-refractivity contribution in [3.8, 4) is 11.3 Å². The monoisotopic (exact) mass is 389 g/mol. The molecule has 0 bridgehead atoms. The summed E-state index contributed by atoms with van der Waals surface area (Å²) < 4.78 is 5.46. The van der Waals surface area contributed by atoms with Gasteiger partial charge in [0, 0.05) is 60.1 Å². The summed E-state index contributed by atoms with van der Waals surface area (Å²) in [7, 11) is 0. The first-order chi connectivity index (χ1) is 13.9. The zero-order valence-corrected chi connectivity index (χ0v) is 16.1. The first kappa shape index (κ1) is 17.2. The lowest BCUT2D eigenvalue weighted by Gasteiger charge is -2.29. The quantitative estimate of drug-likeness (QED) is 0.532. The number of ether oxygens (including phenoxy) is 1. The first-order valence-corrected chi connectivity index (χ1v) is 10.1. The average molecular weight is 389 g/mol. The van der Waals surface area contributed by atoms with E-state index in [1.54, 1.807) is 17.7 Å². The maximum absolute atomic E-state index is 5.46. The van der Waals surface area contributed by atoms with Gasteiger partial charge in [0.05, 0.1) is 29.4 Å². The number of hydrogen-bond acceptors (Lipinski definition) is 7. The van der Waals surface area contributed by atoms with Crippen LogP contribution >= 0.6 is 11.3 Å². The predicted molar refractivity (Wildman–Crippen MR) is 111 cm³/mol. The molecule has 1 aliphatic heterocycles. The molecule has 0 amide bonds. The van der Waals surface area contributed by atoms with Crippen LogP contribution in [0.25, 0.3) is 22.2 Å². The topological polar surface area (TPSA) is 64.0 Å². The van der Waals surface area contributed by atoms with E-state index in [1.165, 1.54) is 5.69 Å². The predicted octanol–water partition coefficient (Wildman–Crippen LogP) is 3.58. The Hall–Kier alpha value is -2.90. The van der Waals surface area contributed by atoms with E-state index < -0.39 is 0 Å². The summed E-state index contributed by atoms with van der Waals surface area (Å²) in [5.41, 5.74) is 5.16. The number of thiazole rings is 1. The molecule has 0 N–H and O–H groups in total. The zero-order chi connectivity index (χ0) is 18.8. The molecule has 5 rings (SSSR count). The van der Waals surface area contributed by atoms with Crippen LogP contribution in [-0.2, 0) is 11.2 Å². The van der Waals surface area contributed by atoms with Crippen LogP contribution in [0.15, 0.2) is 54.6 Å². The van der Waals surface area contributed by atoms with Gasteiger partial charge in [-0.2, -0.15) is 0 Å². The third-order valence-electron chi connectivity index (χ3n) is 4.90. The van der Waals surface area contributed by atoms with Crippen LogP contribution in [0.3, 0.4) is 0 Å². The Morgan fingerprint density at radius 3 is 2.82 bits per heavy atom. The van der Waals surface area contributed by atoms with Crippen molar-refractivity contribution >= 4 is 27.9 Å². The Kier molecular flexibility index (Phi) is 4.68. The maximum Gasteiger partial charge on any atom is 0.116 e. The van der Waals surface area contributed by atoms with Crippen molar-refractivity contribution in [3.63, 3.8) is 0 Å². The molecule has 1 aliphatic rings. The van der Waals surface area contributed by atoms with Gasteiger partial charge < -0.3 is 9.64 Å². The molecule has 6 nitrogen and oxygen atoms in total. The van der Waals surface area contributed by atoms with E-state index in [1.807, 2.05) is 24.0 Å². The van der Waals surface area contributed by atoms with Gasteiger partial charge in [0.25, 0.3) is 0 Å². The molecule has 28 heavy (non-hydrogen) atoms. The van der Waals surface area contributed by atoms with E-state index in [2.05, 4.69) is 49.1 Å². The van der Waals surface area contributed by atoms with E-state index in [0.29, 0.717) is 0 Å². The van der Waals surface area contributed by atoms with E-state index >= 15 is 0 Å². The number of hydrogen-bond donors (Lipinski definition) is 0. The molecule has 0 saturated carbocycles. The molecular formula is C21H19N5OS. The van der Waals surface area contributed by atoms with Gasteiger partial charge in [-0.05, 0) is 29.8 Å². The standard InChI is InChI=1S/C21H19N5OS/c1-2-18-19(11-17(1)26-4-6-27-7-5-26)24-14-25-21(18)16-9-15(12-22-13-16)10-20-23-3-8-28-20/h1-3,8-9,11-14H,4-7,10H2. The fraction of sp³-hybridized carbons (Fsp3) is 0.238. The minimum atomic E-state index is 0.768. The van der Waals surface area contributed by atoms with Gasteiger partial charge in [0.15, 0.2) is 0 Å². The maximum atomic E-state index is 5.46. The summed E-state index contributed by atoms with van der Waals surface area (Å²) in [6, 6.07) is 8.54. The number of nitrogens with zero attached hydrogens (tertiary/aromatic N) is 5. The first-order valence-electron chi connectivity index (χ1n) is 9.27. The highest BCUT2D eigenvalue weighted by Gasteiger charge is 2.14. The van der Waals surface area contributed by atoms with E-state index in [0.717, 1.165) is 65.5 Å². The molecular weight excluding hydrogens is 370 g/mol. The average Bonchev–Trinajstić information content (AvgIpc) is 3.27. The second kappa shape index (κ2) is 7.61. The third kappa shape index (κ3) is 3.46. The van der Waals surface area contributed by atoms with Crippen LogP contribution in [0.1, 0.15) is 10.6 Å². The van der Waals surface area contributed by atoms with Crippen molar-refractivity contribution in [2.75, 3.05) is 31.2 Å². The van der Waals surface area contributed by atoms with Crippen LogP contribution in [0.5, 0.6) is 0 Å². The number of morpholine rings is 1. The molecule has 1 aromatic carbocycles. The molecule has 1 fully saturated rings. The Bertz CT molecular complexity index is 1090. The van der Waals surface area contributed by atoms with Gasteiger partial charge in [-0.15, -0.1) is 11.3 Å². The zero-order valence-electron chi connectivity index (χ0n) is 15.3. The Labute approximate surface area is 166 Å². The van der Waals surface area contributed by atoms with Crippen LogP contribution in [-0.4, -0.2) is 46.2 Å². The number of aromatic nitrogens is 4. The highest BCUT2D eigenvalue weighted by Crippen LogP contribution is 2.29. The lowest BCUT2D eigenvalue weighted by molar-refractivity contribution is 0.122. The van der Waals surface area contributed by atoms with Crippen LogP contribution in [0.2, 0.25) is 0 Å². The van der Waals surface area contributed by atoms with E-state index in [4.69, 9.17) is 4.74 Å². The number of fused-ring (bicyclic) bond motifs is 1. The molecule has 0 spiro atoms. The van der Waals surface area contributed by atoms with Gasteiger partial charge in [0.2, 0.25) is 0 Å². The minimum Gasteiger partial charge on any atom is -0.378 e. The lowest BCUT2D eigenvalue weighted by Crippen LogP contribution is -2.36. The third-order valence-corrected chi connectivity index (χ3v) is 5.68. The summed E-state index contributed by atoms with van der Waals surface area (Å²) in [6.07, 6.45) is 8.01. The number of benzene rings is 1. The largest absolute Gasteiger partial charge is 0.378 e. The summed E-state index contributed by atoms with van der Waals surface area (Å²) >= 11 is 1.66. The Balaban J connectivity index is 1.50. The minimum absolute atomic E-state index is 0.768. The molecule has 4 heterocycles. The van der Waals surface area contributed by atoms with Crippen molar-refractivity contribution in [3.05, 3.63) is 65.1 Å². The molecule has 4 aromatic rings. The molecule has 0 unspecified atom stereocenters. The lowest BCUT2D eigenvalue weighted by atomic mass is 10.0. The van der Waals surface area contributed by atoms with E-state index in [9.17, 15) is 0 Å². The SMILES string of the molecule is c1csc(Cc2cncc(-c3ncnc4cc(N5CCOCC5)ccc34)c2)n1. The fourth-order valence-electron chi connectivity index (χ4n) is 3.52. The molecule has 140 valence electrons. The Morgan fingerprint density at radius 1 is 1.04 bits per heavy atom. The molecule has 0 aliphatic carbocycles. The molecule has 3 aromatic heterocycles. The van der Waals surface area contributed by atoms with Gasteiger partial charge in [0.1, 0.15) is 6.33 Å². The fourth-order valence-corrected chi connectivity index (χ4v) is 4.17. The Morgan fingerprint density at radius 2 is 1.96 bits per heavy atom. The van der Waals surface area contributed by atoms with Gasteiger partial charge in [-0.1, -0.05) is 0 Å². The molecule has 0 atom stereocenters.